The van der Waals surface area contributed by atoms with Gasteiger partial charge < -0.3 is 5.32 Å². The van der Waals surface area contributed by atoms with Crippen molar-refractivity contribution in [1.82, 2.24) is 4.98 Å². The zero-order chi connectivity index (χ0) is 8.27. The molecule has 0 amide bonds. The SMILES string of the molecule is C=CNc1ccc(C)nc1Cl. The summed E-state index contributed by atoms with van der Waals surface area (Å²) in [5.41, 5.74) is 1.69. The Bertz CT molecular complexity index is 271. The molecule has 1 rings (SSSR count). The Hall–Kier alpha value is -1.02. The van der Waals surface area contributed by atoms with Crippen molar-refractivity contribution in [3.8, 4) is 0 Å². The Morgan fingerprint density at radius 2 is 2.36 bits per heavy atom. The number of nitrogens with one attached hydrogen (secondary N) is 1. The fourth-order valence-electron chi connectivity index (χ4n) is 0.743. The maximum absolute atomic E-state index is 5.79. The van der Waals surface area contributed by atoms with Gasteiger partial charge in [-0.25, -0.2) is 4.98 Å². The fourth-order valence-corrected chi connectivity index (χ4v) is 0.994. The molecular weight excluding hydrogens is 160 g/mol. The Morgan fingerprint density at radius 1 is 1.64 bits per heavy atom. The second-order valence-electron chi connectivity index (χ2n) is 2.14. The van der Waals surface area contributed by atoms with Crippen molar-refractivity contribution in [3.05, 3.63) is 35.8 Å². The van der Waals surface area contributed by atoms with E-state index in [4.69, 9.17) is 11.6 Å². The number of hydrogen-bond donors (Lipinski definition) is 1. The van der Waals surface area contributed by atoms with Crippen molar-refractivity contribution in [2.24, 2.45) is 0 Å². The molecule has 0 bridgehead atoms. The Kier molecular flexibility index (Phi) is 2.49. The quantitative estimate of drug-likeness (QED) is 0.687. The third kappa shape index (κ3) is 1.95. The maximum atomic E-state index is 5.79. The van der Waals surface area contributed by atoms with E-state index >= 15 is 0 Å². The summed E-state index contributed by atoms with van der Waals surface area (Å²) in [4.78, 5) is 4.05. The molecule has 1 aromatic heterocycles. The molecule has 1 N–H and O–H groups in total. The van der Waals surface area contributed by atoms with Crippen molar-refractivity contribution in [3.63, 3.8) is 0 Å². The Morgan fingerprint density at radius 3 is 2.91 bits per heavy atom. The van der Waals surface area contributed by atoms with Crippen LogP contribution in [0.15, 0.2) is 24.9 Å². The number of halogens is 1. The molecule has 0 fully saturated rings. The minimum absolute atomic E-state index is 0.477. The summed E-state index contributed by atoms with van der Waals surface area (Å²) < 4.78 is 0. The minimum Gasteiger partial charge on any atom is -0.360 e. The summed E-state index contributed by atoms with van der Waals surface area (Å²) >= 11 is 5.79. The van der Waals surface area contributed by atoms with Gasteiger partial charge in [0.1, 0.15) is 0 Å². The van der Waals surface area contributed by atoms with Crippen molar-refractivity contribution in [2.75, 3.05) is 5.32 Å². The average Bonchev–Trinajstić information content (AvgIpc) is 1.95. The Labute approximate surface area is 70.9 Å². The van der Waals surface area contributed by atoms with Crippen LogP contribution in [0.2, 0.25) is 5.15 Å². The predicted octanol–water partition coefficient (Wildman–Crippen LogP) is 2.60. The molecule has 2 nitrogen and oxygen atoms in total. The highest BCUT2D eigenvalue weighted by molar-refractivity contribution is 6.32. The highest BCUT2D eigenvalue weighted by Crippen LogP contribution is 2.18. The summed E-state index contributed by atoms with van der Waals surface area (Å²) in [6.07, 6.45) is 1.57. The lowest BCUT2D eigenvalue weighted by molar-refractivity contribution is 1.20. The molecule has 0 aliphatic carbocycles. The first-order valence-electron chi connectivity index (χ1n) is 3.24. The zero-order valence-corrected chi connectivity index (χ0v) is 7.02. The van der Waals surface area contributed by atoms with Crippen LogP contribution in [0.25, 0.3) is 0 Å². The lowest BCUT2D eigenvalue weighted by atomic mass is 10.3. The average molecular weight is 169 g/mol. The van der Waals surface area contributed by atoms with Crippen LogP contribution < -0.4 is 5.32 Å². The highest BCUT2D eigenvalue weighted by atomic mass is 35.5. The van der Waals surface area contributed by atoms with Crippen molar-refractivity contribution in [2.45, 2.75) is 6.92 Å². The predicted molar refractivity (Wildman–Crippen MR) is 47.8 cm³/mol. The van der Waals surface area contributed by atoms with E-state index in [1.807, 2.05) is 19.1 Å². The van der Waals surface area contributed by atoms with Crippen LogP contribution >= 0.6 is 11.6 Å². The Balaban J connectivity index is 2.98. The van der Waals surface area contributed by atoms with Crippen molar-refractivity contribution in [1.29, 1.82) is 0 Å². The van der Waals surface area contributed by atoms with E-state index in [1.165, 1.54) is 0 Å². The third-order valence-electron chi connectivity index (χ3n) is 1.25. The molecule has 0 unspecified atom stereocenters. The highest BCUT2D eigenvalue weighted by Gasteiger charge is 1.97. The van der Waals surface area contributed by atoms with Gasteiger partial charge in [-0.3, -0.25) is 0 Å². The molecule has 0 spiro atoms. The first-order valence-corrected chi connectivity index (χ1v) is 3.62. The van der Waals surface area contributed by atoms with Crippen LogP contribution in [-0.4, -0.2) is 4.98 Å². The molecular formula is C8H9ClN2. The van der Waals surface area contributed by atoms with Gasteiger partial charge >= 0.3 is 0 Å². The van der Waals surface area contributed by atoms with Gasteiger partial charge in [0.2, 0.25) is 0 Å². The molecule has 1 aromatic rings. The summed E-state index contributed by atoms with van der Waals surface area (Å²) in [5.74, 6) is 0. The first-order chi connectivity index (χ1) is 5.24. The monoisotopic (exact) mass is 168 g/mol. The standard InChI is InChI=1S/C8H9ClN2/c1-3-10-7-5-4-6(2)11-8(7)9/h3-5,10H,1H2,2H3. The number of anilines is 1. The van der Waals surface area contributed by atoms with Gasteiger partial charge in [0, 0.05) is 5.69 Å². The summed E-state index contributed by atoms with van der Waals surface area (Å²) in [7, 11) is 0. The lowest BCUT2D eigenvalue weighted by Crippen LogP contribution is -1.90. The molecule has 11 heavy (non-hydrogen) atoms. The van der Waals surface area contributed by atoms with Crippen LogP contribution in [0, 0.1) is 6.92 Å². The molecule has 0 saturated heterocycles. The smallest absolute Gasteiger partial charge is 0.152 e. The van der Waals surface area contributed by atoms with E-state index in [9.17, 15) is 0 Å². The van der Waals surface area contributed by atoms with E-state index < -0.39 is 0 Å². The molecule has 58 valence electrons. The van der Waals surface area contributed by atoms with E-state index in [1.54, 1.807) is 6.20 Å². The van der Waals surface area contributed by atoms with Crippen LogP contribution in [0.5, 0.6) is 0 Å². The van der Waals surface area contributed by atoms with Crippen LogP contribution in [0.4, 0.5) is 5.69 Å². The number of pyridine rings is 1. The largest absolute Gasteiger partial charge is 0.360 e. The number of aryl methyl sites for hydroxylation is 1. The number of aromatic nitrogens is 1. The first kappa shape index (κ1) is 8.08. The molecule has 0 aromatic carbocycles. The van der Waals surface area contributed by atoms with Gasteiger partial charge in [0.25, 0.3) is 0 Å². The molecule has 1 heterocycles. The van der Waals surface area contributed by atoms with Gasteiger partial charge in [-0.2, -0.15) is 0 Å². The number of hydrogen-bond acceptors (Lipinski definition) is 2. The second-order valence-corrected chi connectivity index (χ2v) is 2.50. The molecule has 3 heteroatoms. The minimum atomic E-state index is 0.477. The summed E-state index contributed by atoms with van der Waals surface area (Å²) in [6, 6.07) is 3.75. The molecule has 0 radical (unpaired) electrons. The fraction of sp³-hybridized carbons (Fsp3) is 0.125. The van der Waals surface area contributed by atoms with Gasteiger partial charge in [-0.1, -0.05) is 18.2 Å². The lowest BCUT2D eigenvalue weighted by Gasteiger charge is -2.02. The maximum Gasteiger partial charge on any atom is 0.152 e. The van der Waals surface area contributed by atoms with E-state index in [-0.39, 0.29) is 0 Å². The van der Waals surface area contributed by atoms with Crippen LogP contribution in [0.3, 0.4) is 0 Å². The topological polar surface area (TPSA) is 24.9 Å². The summed E-state index contributed by atoms with van der Waals surface area (Å²) in [5, 5.41) is 3.35. The second kappa shape index (κ2) is 3.39. The number of nitrogens with zero attached hydrogens (tertiary/aromatic N) is 1. The van der Waals surface area contributed by atoms with E-state index in [2.05, 4.69) is 16.9 Å². The molecule has 0 atom stereocenters. The molecule has 0 aliphatic heterocycles. The van der Waals surface area contributed by atoms with Crippen molar-refractivity contribution < 1.29 is 0 Å². The van der Waals surface area contributed by atoms with Crippen LogP contribution in [0.1, 0.15) is 5.69 Å². The molecule has 0 saturated carbocycles. The van der Waals surface area contributed by atoms with Gasteiger partial charge in [0.05, 0.1) is 5.69 Å². The molecule has 0 aliphatic rings. The third-order valence-corrected chi connectivity index (χ3v) is 1.53. The van der Waals surface area contributed by atoms with Gasteiger partial charge in [-0.15, -0.1) is 0 Å². The van der Waals surface area contributed by atoms with Crippen LogP contribution in [-0.2, 0) is 0 Å². The normalized spacial score (nSPS) is 9.27. The van der Waals surface area contributed by atoms with Crippen molar-refractivity contribution >= 4 is 17.3 Å². The zero-order valence-electron chi connectivity index (χ0n) is 6.26. The van der Waals surface area contributed by atoms with Gasteiger partial charge in [-0.05, 0) is 25.3 Å². The summed E-state index contributed by atoms with van der Waals surface area (Å²) in [6.45, 7) is 5.41. The van der Waals surface area contributed by atoms with E-state index in [0.29, 0.717) is 5.15 Å². The van der Waals surface area contributed by atoms with E-state index in [0.717, 1.165) is 11.4 Å². The number of rotatable bonds is 2. The van der Waals surface area contributed by atoms with Gasteiger partial charge in [0.15, 0.2) is 5.15 Å².